The van der Waals surface area contributed by atoms with E-state index in [0.717, 1.165) is 5.56 Å². The Morgan fingerprint density at radius 2 is 2.20 bits per heavy atom. The van der Waals surface area contributed by atoms with Gasteiger partial charge >= 0.3 is 0 Å². The summed E-state index contributed by atoms with van der Waals surface area (Å²) in [5.74, 6) is 5.18. The monoisotopic (exact) mass is 227 g/mol. The number of benzene rings is 1. The van der Waals surface area contributed by atoms with Crippen LogP contribution in [-0.2, 0) is 0 Å². The molecule has 0 heterocycles. The maximum atomic E-state index is 11.6. The van der Waals surface area contributed by atoms with E-state index in [2.05, 4.69) is 10.7 Å². The predicted octanol–water partition coefficient (Wildman–Crippen LogP) is 1.68. The van der Waals surface area contributed by atoms with Gasteiger partial charge in [0.05, 0.1) is 5.69 Å². The SMILES string of the molecule is CCNC(=O)c1cc(Cl)cc(NN)c1C. The first-order valence-corrected chi connectivity index (χ1v) is 5.03. The summed E-state index contributed by atoms with van der Waals surface area (Å²) in [5, 5.41) is 3.20. The molecule has 0 atom stereocenters. The van der Waals surface area contributed by atoms with E-state index in [-0.39, 0.29) is 5.91 Å². The second-order valence-electron chi connectivity index (χ2n) is 3.13. The van der Waals surface area contributed by atoms with E-state index in [4.69, 9.17) is 17.4 Å². The van der Waals surface area contributed by atoms with Crippen LogP contribution in [0.3, 0.4) is 0 Å². The smallest absolute Gasteiger partial charge is 0.251 e. The molecule has 0 aromatic heterocycles. The van der Waals surface area contributed by atoms with Crippen molar-refractivity contribution in [2.45, 2.75) is 13.8 Å². The summed E-state index contributed by atoms with van der Waals surface area (Å²) in [4.78, 5) is 11.6. The summed E-state index contributed by atoms with van der Waals surface area (Å²) in [6, 6.07) is 3.31. The Bertz CT molecular complexity index is 379. The van der Waals surface area contributed by atoms with Crippen molar-refractivity contribution in [1.29, 1.82) is 0 Å². The van der Waals surface area contributed by atoms with Gasteiger partial charge in [-0.15, -0.1) is 0 Å². The number of hydrogen-bond acceptors (Lipinski definition) is 3. The highest BCUT2D eigenvalue weighted by Crippen LogP contribution is 2.23. The molecular formula is C10H14ClN3O. The van der Waals surface area contributed by atoms with Crippen molar-refractivity contribution < 1.29 is 4.79 Å². The van der Waals surface area contributed by atoms with Gasteiger partial charge in [0, 0.05) is 17.1 Å². The molecule has 0 fully saturated rings. The first-order chi connectivity index (χ1) is 7.10. The van der Waals surface area contributed by atoms with Gasteiger partial charge in [-0.05, 0) is 31.5 Å². The minimum atomic E-state index is -0.144. The van der Waals surface area contributed by atoms with Crippen LogP contribution in [0.5, 0.6) is 0 Å². The third kappa shape index (κ3) is 2.61. The first kappa shape index (κ1) is 11.8. The summed E-state index contributed by atoms with van der Waals surface area (Å²) in [6.07, 6.45) is 0. The minimum absolute atomic E-state index is 0.144. The highest BCUT2D eigenvalue weighted by Gasteiger charge is 2.12. The van der Waals surface area contributed by atoms with Gasteiger partial charge in [-0.2, -0.15) is 0 Å². The van der Waals surface area contributed by atoms with Crippen molar-refractivity contribution in [1.82, 2.24) is 5.32 Å². The second kappa shape index (κ2) is 5.00. The van der Waals surface area contributed by atoms with Gasteiger partial charge in [0.1, 0.15) is 0 Å². The van der Waals surface area contributed by atoms with Gasteiger partial charge in [0.2, 0.25) is 0 Å². The number of carbonyl (C=O) groups is 1. The highest BCUT2D eigenvalue weighted by molar-refractivity contribution is 6.31. The van der Waals surface area contributed by atoms with Crippen molar-refractivity contribution in [2.24, 2.45) is 5.84 Å². The Labute approximate surface area is 93.8 Å². The first-order valence-electron chi connectivity index (χ1n) is 4.65. The molecule has 5 heteroatoms. The fraction of sp³-hybridized carbons (Fsp3) is 0.300. The molecule has 1 rings (SSSR count). The number of hydrogen-bond donors (Lipinski definition) is 3. The normalized spacial score (nSPS) is 9.87. The predicted molar refractivity (Wildman–Crippen MR) is 62.0 cm³/mol. The molecule has 0 unspecified atom stereocenters. The molecular weight excluding hydrogens is 214 g/mol. The number of rotatable bonds is 3. The average molecular weight is 228 g/mol. The van der Waals surface area contributed by atoms with Crippen LogP contribution < -0.4 is 16.6 Å². The standard InChI is InChI=1S/C10H14ClN3O/c1-3-13-10(15)8-4-7(11)5-9(14-12)6(8)2/h4-5,14H,3,12H2,1-2H3,(H,13,15). The lowest BCUT2D eigenvalue weighted by atomic mass is 10.1. The third-order valence-corrected chi connectivity index (χ3v) is 2.33. The molecule has 1 aromatic carbocycles. The number of hydrazine groups is 1. The van der Waals surface area contributed by atoms with Gasteiger partial charge < -0.3 is 10.7 Å². The molecule has 0 aliphatic rings. The number of carbonyl (C=O) groups excluding carboxylic acids is 1. The molecule has 0 bridgehead atoms. The topological polar surface area (TPSA) is 67.2 Å². The van der Waals surface area contributed by atoms with E-state index in [0.29, 0.717) is 22.8 Å². The molecule has 0 aliphatic heterocycles. The summed E-state index contributed by atoms with van der Waals surface area (Å²) in [5.41, 5.74) is 4.49. The summed E-state index contributed by atoms with van der Waals surface area (Å²) in [6.45, 7) is 4.26. The highest BCUT2D eigenvalue weighted by atomic mass is 35.5. The van der Waals surface area contributed by atoms with Crippen LogP contribution in [0.1, 0.15) is 22.8 Å². The molecule has 0 aliphatic carbocycles. The second-order valence-corrected chi connectivity index (χ2v) is 3.57. The molecule has 4 nitrogen and oxygen atoms in total. The Hall–Kier alpha value is -1.26. The quantitative estimate of drug-likeness (QED) is 0.544. The van der Waals surface area contributed by atoms with E-state index in [1.807, 2.05) is 13.8 Å². The van der Waals surface area contributed by atoms with E-state index in [1.54, 1.807) is 12.1 Å². The van der Waals surface area contributed by atoms with Crippen molar-refractivity contribution >= 4 is 23.2 Å². The Balaban J connectivity index is 3.17. The Morgan fingerprint density at radius 3 is 2.73 bits per heavy atom. The molecule has 1 amide bonds. The molecule has 4 N–H and O–H groups in total. The average Bonchev–Trinajstić information content (AvgIpc) is 2.21. The third-order valence-electron chi connectivity index (χ3n) is 2.11. The van der Waals surface area contributed by atoms with Crippen LogP contribution in [0, 0.1) is 6.92 Å². The number of nitrogen functional groups attached to an aromatic ring is 1. The minimum Gasteiger partial charge on any atom is -0.352 e. The maximum absolute atomic E-state index is 11.6. The van der Waals surface area contributed by atoms with E-state index < -0.39 is 0 Å². The lowest BCUT2D eigenvalue weighted by Gasteiger charge is -2.11. The molecule has 0 saturated heterocycles. The van der Waals surface area contributed by atoms with Gasteiger partial charge in [0.15, 0.2) is 0 Å². The molecule has 0 radical (unpaired) electrons. The van der Waals surface area contributed by atoms with Gasteiger partial charge in [-0.1, -0.05) is 11.6 Å². The largest absolute Gasteiger partial charge is 0.352 e. The zero-order chi connectivity index (χ0) is 11.4. The molecule has 0 spiro atoms. The van der Waals surface area contributed by atoms with Crippen LogP contribution in [0.4, 0.5) is 5.69 Å². The fourth-order valence-electron chi connectivity index (χ4n) is 1.32. The summed E-state index contributed by atoms with van der Waals surface area (Å²) >= 11 is 5.87. The van der Waals surface area contributed by atoms with Crippen molar-refractivity contribution in [3.63, 3.8) is 0 Å². The van der Waals surface area contributed by atoms with Crippen LogP contribution >= 0.6 is 11.6 Å². The number of nitrogens with two attached hydrogens (primary N) is 1. The van der Waals surface area contributed by atoms with E-state index >= 15 is 0 Å². The zero-order valence-corrected chi connectivity index (χ0v) is 9.48. The zero-order valence-electron chi connectivity index (χ0n) is 8.73. The number of nitrogens with one attached hydrogen (secondary N) is 2. The summed E-state index contributed by atoms with van der Waals surface area (Å²) in [7, 11) is 0. The molecule has 15 heavy (non-hydrogen) atoms. The van der Waals surface area contributed by atoms with Crippen molar-refractivity contribution in [3.8, 4) is 0 Å². The van der Waals surface area contributed by atoms with Crippen LogP contribution in [-0.4, -0.2) is 12.5 Å². The molecule has 82 valence electrons. The van der Waals surface area contributed by atoms with Crippen molar-refractivity contribution in [3.05, 3.63) is 28.3 Å². The van der Waals surface area contributed by atoms with Gasteiger partial charge in [-0.25, -0.2) is 0 Å². The molecule has 1 aromatic rings. The number of amides is 1. The fourth-order valence-corrected chi connectivity index (χ4v) is 1.54. The number of anilines is 1. The van der Waals surface area contributed by atoms with E-state index in [1.165, 1.54) is 0 Å². The van der Waals surface area contributed by atoms with E-state index in [9.17, 15) is 4.79 Å². The van der Waals surface area contributed by atoms with Gasteiger partial charge in [0.25, 0.3) is 5.91 Å². The lowest BCUT2D eigenvalue weighted by molar-refractivity contribution is 0.0955. The lowest BCUT2D eigenvalue weighted by Crippen LogP contribution is -2.24. The summed E-state index contributed by atoms with van der Waals surface area (Å²) < 4.78 is 0. The van der Waals surface area contributed by atoms with Crippen LogP contribution in [0.2, 0.25) is 5.02 Å². The van der Waals surface area contributed by atoms with Crippen LogP contribution in [0.25, 0.3) is 0 Å². The Kier molecular flexibility index (Phi) is 3.94. The Morgan fingerprint density at radius 1 is 1.53 bits per heavy atom. The van der Waals surface area contributed by atoms with Gasteiger partial charge in [-0.3, -0.25) is 10.6 Å². The van der Waals surface area contributed by atoms with Crippen molar-refractivity contribution in [2.75, 3.05) is 12.0 Å². The number of halogens is 1. The maximum Gasteiger partial charge on any atom is 0.251 e. The van der Waals surface area contributed by atoms with Crippen LogP contribution in [0.15, 0.2) is 12.1 Å². The molecule has 0 saturated carbocycles.